The van der Waals surface area contributed by atoms with Crippen LogP contribution in [0.1, 0.15) is 43.7 Å². The van der Waals surface area contributed by atoms with E-state index in [9.17, 15) is 5.11 Å². The van der Waals surface area contributed by atoms with Gasteiger partial charge in [0, 0.05) is 5.41 Å². The highest BCUT2D eigenvalue weighted by atomic mass is 32.2. The maximum absolute atomic E-state index is 11.3. The topological polar surface area (TPSA) is 66.4 Å². The highest BCUT2D eigenvalue weighted by Gasteiger charge is 2.46. The summed E-state index contributed by atoms with van der Waals surface area (Å²) in [6.45, 7) is 2.69. The number of aliphatic hydroxyl groups is 1. The van der Waals surface area contributed by atoms with Crippen molar-refractivity contribution in [2.24, 2.45) is 0 Å². The van der Waals surface area contributed by atoms with Crippen LogP contribution >= 0.6 is 11.8 Å². The van der Waals surface area contributed by atoms with E-state index in [1.54, 1.807) is 40.2 Å². The Morgan fingerprint density at radius 2 is 1.47 bits per heavy atom. The summed E-state index contributed by atoms with van der Waals surface area (Å²) in [6, 6.07) is 8.02. The van der Waals surface area contributed by atoms with Crippen molar-refractivity contribution in [1.82, 2.24) is 0 Å². The number of hydrogen-bond donors (Lipinski definition) is 1. The van der Waals surface area contributed by atoms with Gasteiger partial charge in [-0.1, -0.05) is 6.92 Å². The van der Waals surface area contributed by atoms with Crippen molar-refractivity contribution >= 4 is 11.8 Å². The molecule has 7 heteroatoms. The van der Waals surface area contributed by atoms with Crippen LogP contribution < -0.4 is 23.7 Å². The Bertz CT molecular complexity index is 881. The van der Waals surface area contributed by atoms with Crippen LogP contribution in [0.25, 0.3) is 0 Å². The lowest BCUT2D eigenvalue weighted by atomic mass is 9.71. The van der Waals surface area contributed by atoms with Crippen LogP contribution in [0.4, 0.5) is 0 Å². The van der Waals surface area contributed by atoms with Gasteiger partial charge in [0.2, 0.25) is 5.75 Å². The zero-order valence-corrected chi connectivity index (χ0v) is 20.6. The van der Waals surface area contributed by atoms with Crippen molar-refractivity contribution in [1.29, 1.82) is 0 Å². The molecule has 1 fully saturated rings. The molecule has 2 unspecified atom stereocenters. The van der Waals surface area contributed by atoms with E-state index in [1.165, 1.54) is 0 Å². The third kappa shape index (κ3) is 4.20. The first-order valence-electron chi connectivity index (χ1n) is 10.9. The maximum Gasteiger partial charge on any atom is 0.203 e. The molecule has 6 nitrogen and oxygen atoms in total. The first-order valence-corrected chi connectivity index (χ1v) is 12.1. The minimum atomic E-state index is -0.631. The molecule has 0 spiro atoms. The summed E-state index contributed by atoms with van der Waals surface area (Å²) in [4.78, 5) is 0.985. The molecule has 176 valence electrons. The van der Waals surface area contributed by atoms with Crippen LogP contribution in [-0.2, 0) is 5.41 Å². The van der Waals surface area contributed by atoms with Crippen molar-refractivity contribution in [3.63, 3.8) is 0 Å². The first-order chi connectivity index (χ1) is 15.5. The molecule has 0 aromatic heterocycles. The molecule has 2 aromatic rings. The summed E-state index contributed by atoms with van der Waals surface area (Å²) >= 11 is 1.61. The van der Waals surface area contributed by atoms with Crippen molar-refractivity contribution in [2.45, 2.75) is 49.0 Å². The molecule has 2 aromatic carbocycles. The van der Waals surface area contributed by atoms with Gasteiger partial charge in [-0.25, -0.2) is 0 Å². The number of hydrogen-bond acceptors (Lipinski definition) is 7. The average Bonchev–Trinajstić information content (AvgIpc) is 3.22. The fraction of sp³-hybridized carbons (Fsp3) is 0.520. The Morgan fingerprint density at radius 3 is 1.91 bits per heavy atom. The third-order valence-electron chi connectivity index (χ3n) is 6.22. The largest absolute Gasteiger partial charge is 0.493 e. The van der Waals surface area contributed by atoms with Gasteiger partial charge in [0.05, 0.1) is 46.0 Å². The normalized spacial score (nSPS) is 20.2. The fourth-order valence-electron chi connectivity index (χ4n) is 4.65. The summed E-state index contributed by atoms with van der Waals surface area (Å²) in [6.07, 6.45) is 4.78. The van der Waals surface area contributed by atoms with Gasteiger partial charge in [-0.15, -0.1) is 11.8 Å². The van der Waals surface area contributed by atoms with Crippen LogP contribution in [0.3, 0.4) is 0 Å². The molecule has 3 rings (SSSR count). The van der Waals surface area contributed by atoms with E-state index in [0.717, 1.165) is 41.0 Å². The molecule has 1 N–H and O–H groups in total. The van der Waals surface area contributed by atoms with Crippen molar-refractivity contribution in [3.8, 4) is 28.7 Å². The van der Waals surface area contributed by atoms with Crippen LogP contribution in [0.5, 0.6) is 28.7 Å². The minimum absolute atomic E-state index is 0.534. The van der Waals surface area contributed by atoms with E-state index < -0.39 is 11.5 Å². The lowest BCUT2D eigenvalue weighted by Gasteiger charge is -2.35. The van der Waals surface area contributed by atoms with Gasteiger partial charge >= 0.3 is 0 Å². The second-order valence-electron chi connectivity index (χ2n) is 7.85. The Morgan fingerprint density at radius 1 is 0.906 bits per heavy atom. The number of methoxy groups -OCH3 is 4. The predicted octanol–water partition coefficient (Wildman–Crippen LogP) is 5.06. The molecule has 0 radical (unpaired) electrons. The first kappa shape index (κ1) is 24.4. The Kier molecular flexibility index (Phi) is 8.06. The molecule has 0 aliphatic heterocycles. The lowest BCUT2D eigenvalue weighted by Crippen LogP contribution is -2.36. The quantitative estimate of drug-likeness (QED) is 0.495. The molecular formula is C25H34O6S. The number of ether oxygens (including phenoxy) is 5. The molecule has 0 heterocycles. The van der Waals surface area contributed by atoms with Gasteiger partial charge < -0.3 is 28.8 Å². The summed E-state index contributed by atoms with van der Waals surface area (Å²) in [5, 5.41) is 11.3. The van der Waals surface area contributed by atoms with Gasteiger partial charge in [0.15, 0.2) is 23.0 Å². The van der Waals surface area contributed by atoms with Crippen LogP contribution in [0.15, 0.2) is 29.2 Å². The number of rotatable bonds is 10. The molecule has 1 aliphatic rings. The Balaban J connectivity index is 2.26. The smallest absolute Gasteiger partial charge is 0.203 e. The average molecular weight is 463 g/mol. The molecule has 32 heavy (non-hydrogen) atoms. The van der Waals surface area contributed by atoms with Crippen molar-refractivity contribution in [2.75, 3.05) is 41.3 Å². The van der Waals surface area contributed by atoms with Crippen LogP contribution in [0, 0.1) is 0 Å². The van der Waals surface area contributed by atoms with Gasteiger partial charge in [0.25, 0.3) is 0 Å². The second kappa shape index (κ2) is 10.6. The molecule has 0 bridgehead atoms. The molecule has 1 saturated carbocycles. The Hall–Kier alpha value is -2.25. The monoisotopic (exact) mass is 462 g/mol. The summed E-state index contributed by atoms with van der Waals surface area (Å²) in [5.74, 6) is 3.09. The zero-order valence-electron chi connectivity index (χ0n) is 19.8. The van der Waals surface area contributed by atoms with Gasteiger partial charge in [-0.3, -0.25) is 0 Å². The summed E-state index contributed by atoms with van der Waals surface area (Å²) < 4.78 is 28.5. The van der Waals surface area contributed by atoms with Gasteiger partial charge in [0.1, 0.15) is 0 Å². The molecular weight excluding hydrogens is 428 g/mol. The number of thioether (sulfide) groups is 1. The second-order valence-corrected chi connectivity index (χ2v) is 8.70. The highest BCUT2D eigenvalue weighted by molar-refractivity contribution is 7.98. The summed E-state index contributed by atoms with van der Waals surface area (Å²) in [7, 11) is 6.45. The van der Waals surface area contributed by atoms with E-state index in [0.29, 0.717) is 36.0 Å². The highest BCUT2D eigenvalue weighted by Crippen LogP contribution is 2.53. The molecule has 1 aliphatic carbocycles. The molecule has 2 atom stereocenters. The van der Waals surface area contributed by atoms with Crippen molar-refractivity contribution < 1.29 is 28.8 Å². The van der Waals surface area contributed by atoms with E-state index in [-0.39, 0.29) is 0 Å². The number of benzene rings is 2. The lowest BCUT2D eigenvalue weighted by molar-refractivity contribution is 0.126. The van der Waals surface area contributed by atoms with Gasteiger partial charge in [-0.2, -0.15) is 0 Å². The third-order valence-corrected chi connectivity index (χ3v) is 6.97. The Labute approximate surface area is 195 Å². The minimum Gasteiger partial charge on any atom is -0.493 e. The summed E-state index contributed by atoms with van der Waals surface area (Å²) in [5.41, 5.74) is 1.28. The van der Waals surface area contributed by atoms with E-state index in [4.69, 9.17) is 23.7 Å². The van der Waals surface area contributed by atoms with Gasteiger partial charge in [-0.05, 0) is 67.3 Å². The predicted molar refractivity (Wildman–Crippen MR) is 127 cm³/mol. The van der Waals surface area contributed by atoms with E-state index in [1.807, 2.05) is 24.5 Å². The van der Waals surface area contributed by atoms with Crippen molar-refractivity contribution in [3.05, 3.63) is 35.4 Å². The van der Waals surface area contributed by atoms with Crippen LogP contribution in [-0.4, -0.2) is 52.5 Å². The number of aliphatic hydroxyl groups excluding tert-OH is 1. The fourth-order valence-corrected chi connectivity index (χ4v) is 5.24. The van der Waals surface area contributed by atoms with E-state index >= 15 is 0 Å². The standard InChI is InChI=1S/C25H34O6S/c1-7-11-31-24-20(29-4)14-17(15-21(24)32-6)25(10-8-9-22(25)26)16-12-18(27-2)23(30-5)19(13-16)28-3/h12-15,22,26H,7-11H2,1-6H3. The van der Waals surface area contributed by atoms with E-state index in [2.05, 4.69) is 13.0 Å². The van der Waals surface area contributed by atoms with Crippen LogP contribution in [0.2, 0.25) is 0 Å². The maximum atomic E-state index is 11.3. The molecule has 0 amide bonds. The molecule has 0 saturated heterocycles. The SMILES string of the molecule is CCCOc1c(OC)cc(C2(c3cc(OC)c(OC)c(OC)c3)CCCC2O)cc1SC. The zero-order chi connectivity index (χ0) is 23.3.